The number of para-hydroxylation sites is 4. The summed E-state index contributed by atoms with van der Waals surface area (Å²) in [4.78, 5) is 0. The summed E-state index contributed by atoms with van der Waals surface area (Å²) in [6, 6.07) is 32.7. The molecule has 0 heterocycles. The highest BCUT2D eigenvalue weighted by molar-refractivity contribution is 5.32. The Morgan fingerprint density at radius 1 is 0.333 bits per heavy atom. The predicted molar refractivity (Wildman–Crippen MR) is 191 cm³/mol. The second-order valence-corrected chi connectivity index (χ2v) is 11.3. The molecule has 0 atom stereocenters. The molecule has 0 fully saturated rings. The first-order valence-corrected chi connectivity index (χ1v) is 17.0. The van der Waals surface area contributed by atoms with Crippen molar-refractivity contribution in [2.24, 2.45) is 0 Å². The Kier molecular flexibility index (Phi) is 24.0. The third-order valence-electron chi connectivity index (χ3n) is 7.34. The molecule has 0 aliphatic rings. The van der Waals surface area contributed by atoms with E-state index in [0.717, 1.165) is 24.0 Å². The largest absolute Gasteiger partial charge is 0.508 e. The number of aryl methyl sites for hydroxylation is 2. The minimum absolute atomic E-state index is 0.322. The molecule has 4 aromatic carbocycles. The predicted octanol–water partition coefficient (Wildman–Crippen LogP) is 11.8. The third kappa shape index (κ3) is 22.3. The van der Waals surface area contributed by atoms with Crippen LogP contribution in [0.1, 0.15) is 108 Å². The second-order valence-electron chi connectivity index (χ2n) is 11.3. The van der Waals surface area contributed by atoms with E-state index in [1.807, 2.05) is 48.5 Å². The molecular formula is C41H58O4. The summed E-state index contributed by atoms with van der Waals surface area (Å²) in [5.74, 6) is 1.55. The molecule has 0 bridgehead atoms. The van der Waals surface area contributed by atoms with Gasteiger partial charge in [0.1, 0.15) is 23.0 Å². The molecular weight excluding hydrogens is 556 g/mol. The quantitative estimate of drug-likeness (QED) is 0.100. The maximum Gasteiger partial charge on any atom is 0.118 e. The van der Waals surface area contributed by atoms with Crippen LogP contribution in [0, 0.1) is 0 Å². The van der Waals surface area contributed by atoms with Crippen LogP contribution >= 0.6 is 0 Å². The van der Waals surface area contributed by atoms with Gasteiger partial charge in [0.2, 0.25) is 0 Å². The third-order valence-corrected chi connectivity index (χ3v) is 7.34. The van der Waals surface area contributed by atoms with Crippen LogP contribution in [0.4, 0.5) is 0 Å². The molecule has 4 nitrogen and oxygen atoms in total. The minimum atomic E-state index is 0.322. The molecule has 0 unspecified atom stereocenters. The number of hydrogen-bond donors (Lipinski definition) is 4. The van der Waals surface area contributed by atoms with Gasteiger partial charge in [0.15, 0.2) is 0 Å². The van der Waals surface area contributed by atoms with Gasteiger partial charge in [0.25, 0.3) is 0 Å². The van der Waals surface area contributed by atoms with E-state index >= 15 is 0 Å². The van der Waals surface area contributed by atoms with E-state index in [4.69, 9.17) is 10.2 Å². The van der Waals surface area contributed by atoms with Gasteiger partial charge in [-0.2, -0.15) is 0 Å². The fraction of sp³-hybridized carbons (Fsp3) is 0.415. The SMILES string of the molecule is CCCCCCCCCc1ccccc1O.CCCCCCCCc1ccccc1O.Oc1ccccc1.Oc1ccccc1. The lowest BCUT2D eigenvalue weighted by Crippen LogP contribution is -1.87. The smallest absolute Gasteiger partial charge is 0.118 e. The minimum Gasteiger partial charge on any atom is -0.508 e. The Balaban J connectivity index is 0.000000320. The number of rotatable bonds is 15. The summed E-state index contributed by atoms with van der Waals surface area (Å²) in [6.07, 6.45) is 19.1. The van der Waals surface area contributed by atoms with Crippen LogP contribution in [0.25, 0.3) is 0 Å². The van der Waals surface area contributed by atoms with Crippen LogP contribution in [-0.4, -0.2) is 20.4 Å². The fourth-order valence-electron chi connectivity index (χ4n) is 4.67. The molecule has 0 spiro atoms. The van der Waals surface area contributed by atoms with Crippen molar-refractivity contribution in [3.8, 4) is 23.0 Å². The van der Waals surface area contributed by atoms with Gasteiger partial charge in [-0.05, 0) is 73.2 Å². The van der Waals surface area contributed by atoms with Crippen LogP contribution in [0.15, 0.2) is 109 Å². The molecule has 4 heteroatoms. The van der Waals surface area contributed by atoms with E-state index in [0.29, 0.717) is 23.0 Å². The Hall–Kier alpha value is -3.92. The van der Waals surface area contributed by atoms with E-state index in [1.54, 1.807) is 60.7 Å². The Bertz CT molecular complexity index is 1160. The molecule has 0 radical (unpaired) electrons. The van der Waals surface area contributed by atoms with E-state index in [2.05, 4.69) is 13.8 Å². The molecule has 45 heavy (non-hydrogen) atoms. The number of phenolic OH excluding ortho intramolecular Hbond substituents is 4. The highest BCUT2D eigenvalue weighted by Crippen LogP contribution is 2.20. The number of benzene rings is 4. The number of aromatic hydroxyl groups is 4. The van der Waals surface area contributed by atoms with Gasteiger partial charge in [-0.25, -0.2) is 0 Å². The van der Waals surface area contributed by atoms with Crippen molar-refractivity contribution in [3.63, 3.8) is 0 Å². The number of phenols is 4. The molecule has 0 aliphatic carbocycles. The van der Waals surface area contributed by atoms with Gasteiger partial charge in [0.05, 0.1) is 0 Å². The summed E-state index contributed by atoms with van der Waals surface area (Å²) >= 11 is 0. The van der Waals surface area contributed by atoms with Gasteiger partial charge in [0, 0.05) is 0 Å². The van der Waals surface area contributed by atoms with E-state index in [9.17, 15) is 10.2 Å². The maximum atomic E-state index is 9.58. The summed E-state index contributed by atoms with van der Waals surface area (Å²) in [5, 5.41) is 36.4. The fourth-order valence-corrected chi connectivity index (χ4v) is 4.67. The zero-order valence-corrected chi connectivity index (χ0v) is 27.8. The molecule has 0 saturated carbocycles. The average Bonchev–Trinajstić information content (AvgIpc) is 3.06. The lowest BCUT2D eigenvalue weighted by Gasteiger charge is -2.04. The van der Waals surface area contributed by atoms with Crippen LogP contribution in [0.3, 0.4) is 0 Å². The highest BCUT2D eigenvalue weighted by atomic mass is 16.3. The van der Waals surface area contributed by atoms with Crippen molar-refractivity contribution >= 4 is 0 Å². The lowest BCUT2D eigenvalue weighted by atomic mass is 10.0. The summed E-state index contributed by atoms with van der Waals surface area (Å²) < 4.78 is 0. The molecule has 0 amide bonds. The van der Waals surface area contributed by atoms with Crippen molar-refractivity contribution in [1.29, 1.82) is 0 Å². The van der Waals surface area contributed by atoms with E-state index in [-0.39, 0.29) is 0 Å². The van der Waals surface area contributed by atoms with Crippen molar-refractivity contribution < 1.29 is 20.4 Å². The van der Waals surface area contributed by atoms with Crippen molar-refractivity contribution in [3.05, 3.63) is 120 Å². The molecule has 0 aromatic heterocycles. The van der Waals surface area contributed by atoms with E-state index in [1.165, 1.54) is 83.5 Å². The summed E-state index contributed by atoms with van der Waals surface area (Å²) in [5.41, 5.74) is 2.18. The van der Waals surface area contributed by atoms with Gasteiger partial charge in [-0.3, -0.25) is 0 Å². The van der Waals surface area contributed by atoms with Gasteiger partial charge < -0.3 is 20.4 Å². The van der Waals surface area contributed by atoms with Crippen molar-refractivity contribution in [1.82, 2.24) is 0 Å². The van der Waals surface area contributed by atoms with Gasteiger partial charge >= 0.3 is 0 Å². The van der Waals surface area contributed by atoms with Gasteiger partial charge in [-0.15, -0.1) is 0 Å². The van der Waals surface area contributed by atoms with Gasteiger partial charge in [-0.1, -0.05) is 157 Å². The Labute approximate surface area is 273 Å². The Morgan fingerprint density at radius 2 is 0.622 bits per heavy atom. The zero-order chi connectivity index (χ0) is 32.8. The first kappa shape index (κ1) is 39.1. The zero-order valence-electron chi connectivity index (χ0n) is 27.8. The molecule has 0 aliphatic heterocycles. The number of unbranched alkanes of at least 4 members (excludes halogenated alkanes) is 11. The molecule has 4 rings (SSSR count). The highest BCUT2D eigenvalue weighted by Gasteiger charge is 2.00. The first-order valence-electron chi connectivity index (χ1n) is 17.0. The lowest BCUT2D eigenvalue weighted by molar-refractivity contribution is 0.465. The van der Waals surface area contributed by atoms with Crippen LogP contribution in [0.5, 0.6) is 23.0 Å². The van der Waals surface area contributed by atoms with E-state index < -0.39 is 0 Å². The van der Waals surface area contributed by atoms with Crippen molar-refractivity contribution in [2.45, 2.75) is 110 Å². The number of hydrogen-bond acceptors (Lipinski definition) is 4. The summed E-state index contributed by atoms with van der Waals surface area (Å²) in [6.45, 7) is 4.49. The second kappa shape index (κ2) is 27.6. The molecule has 4 aromatic rings. The summed E-state index contributed by atoms with van der Waals surface area (Å²) in [7, 11) is 0. The standard InChI is InChI=1S/C15H24O.C14H22O.2C6H6O/c1-2-3-4-5-6-7-8-11-14-12-9-10-13-15(14)16;1-2-3-4-5-6-7-10-13-11-8-9-12-14(13)15;2*7-6-4-2-1-3-5-6/h9-10,12-13,16H,2-8,11H2,1H3;8-9,11-12,15H,2-7,10H2,1H3;2*1-5,7H. The Morgan fingerprint density at radius 3 is 0.911 bits per heavy atom. The molecule has 246 valence electrons. The average molecular weight is 615 g/mol. The van der Waals surface area contributed by atoms with Crippen LogP contribution < -0.4 is 0 Å². The molecule has 0 saturated heterocycles. The molecule has 4 N–H and O–H groups in total. The maximum absolute atomic E-state index is 9.58. The first-order chi connectivity index (χ1) is 22.0. The van der Waals surface area contributed by atoms with Crippen LogP contribution in [0.2, 0.25) is 0 Å². The van der Waals surface area contributed by atoms with Crippen molar-refractivity contribution in [2.75, 3.05) is 0 Å². The van der Waals surface area contributed by atoms with Crippen LogP contribution in [-0.2, 0) is 12.8 Å². The topological polar surface area (TPSA) is 80.9 Å². The monoisotopic (exact) mass is 614 g/mol. The normalized spacial score (nSPS) is 9.91.